The molecule has 3 aromatic carbocycles. The molecule has 1 N–H and O–H groups in total. The molecule has 0 radical (unpaired) electrons. The first-order chi connectivity index (χ1) is 15.8. The highest BCUT2D eigenvalue weighted by atomic mass is 32.2. The van der Waals surface area contributed by atoms with Crippen LogP contribution in [0.2, 0.25) is 0 Å². The molecule has 0 unspecified atom stereocenters. The van der Waals surface area contributed by atoms with Crippen LogP contribution >= 0.6 is 11.8 Å². The topological polar surface area (TPSA) is 49.4 Å². The number of nitrogens with zero attached hydrogens (tertiary/aromatic N) is 1. The van der Waals surface area contributed by atoms with E-state index in [0.29, 0.717) is 24.2 Å². The molecule has 0 aromatic heterocycles. The van der Waals surface area contributed by atoms with Crippen molar-refractivity contribution in [2.24, 2.45) is 0 Å². The van der Waals surface area contributed by atoms with E-state index in [0.717, 1.165) is 23.3 Å². The van der Waals surface area contributed by atoms with Crippen LogP contribution in [0.25, 0.3) is 0 Å². The number of alkyl halides is 3. The largest absolute Gasteiger partial charge is 0.416 e. The average molecular weight is 471 g/mol. The first-order valence-corrected chi connectivity index (χ1v) is 11.4. The standard InChI is InChI=1S/C25H21F3N2O2S/c26-25(27,28)19-10-12-21(13-11-19)30-23(32)16-33-24(30)18-7-4-8-20(15-18)29-22(31)14-9-17-5-2-1-3-6-17/h1-8,10-13,15,24H,9,14,16H2,(H,29,31)/t24-/m0/s1. The Morgan fingerprint density at radius 1 is 1.00 bits per heavy atom. The second kappa shape index (κ2) is 9.70. The van der Waals surface area contributed by atoms with Crippen molar-refractivity contribution in [1.82, 2.24) is 0 Å². The molecule has 170 valence electrons. The van der Waals surface area contributed by atoms with Gasteiger partial charge < -0.3 is 5.32 Å². The number of carbonyl (C=O) groups excluding carboxylic acids is 2. The summed E-state index contributed by atoms with van der Waals surface area (Å²) in [6.07, 6.45) is -3.47. The summed E-state index contributed by atoms with van der Waals surface area (Å²) in [6.45, 7) is 0. The summed E-state index contributed by atoms with van der Waals surface area (Å²) in [4.78, 5) is 26.4. The highest BCUT2D eigenvalue weighted by molar-refractivity contribution is 8.00. The Kier molecular flexibility index (Phi) is 6.74. The van der Waals surface area contributed by atoms with Gasteiger partial charge in [0.05, 0.1) is 11.3 Å². The van der Waals surface area contributed by atoms with Crippen LogP contribution in [0.1, 0.15) is 28.5 Å². The molecule has 1 heterocycles. The number of rotatable bonds is 6. The van der Waals surface area contributed by atoms with Crippen molar-refractivity contribution >= 4 is 35.0 Å². The van der Waals surface area contributed by atoms with Crippen molar-refractivity contribution in [3.63, 3.8) is 0 Å². The second-order valence-electron chi connectivity index (χ2n) is 7.63. The van der Waals surface area contributed by atoms with E-state index >= 15 is 0 Å². The lowest BCUT2D eigenvalue weighted by molar-refractivity contribution is -0.137. The van der Waals surface area contributed by atoms with E-state index < -0.39 is 17.1 Å². The maximum atomic E-state index is 12.9. The van der Waals surface area contributed by atoms with Gasteiger partial charge in [0.25, 0.3) is 0 Å². The van der Waals surface area contributed by atoms with Crippen LogP contribution in [-0.2, 0) is 22.2 Å². The number of hydrogen-bond donors (Lipinski definition) is 1. The van der Waals surface area contributed by atoms with E-state index in [2.05, 4.69) is 5.32 Å². The van der Waals surface area contributed by atoms with Crippen LogP contribution in [0.4, 0.5) is 24.5 Å². The number of aryl methyl sites for hydroxylation is 1. The van der Waals surface area contributed by atoms with Gasteiger partial charge in [-0.3, -0.25) is 14.5 Å². The average Bonchev–Trinajstić information content (AvgIpc) is 3.19. The maximum absolute atomic E-state index is 12.9. The Labute approximate surface area is 193 Å². The molecule has 0 spiro atoms. The van der Waals surface area contributed by atoms with E-state index in [1.807, 2.05) is 36.4 Å². The molecule has 0 bridgehead atoms. The monoisotopic (exact) mass is 470 g/mol. The third kappa shape index (κ3) is 5.57. The smallest absolute Gasteiger partial charge is 0.326 e. The molecule has 1 saturated heterocycles. The molecule has 0 aliphatic carbocycles. The number of hydrogen-bond acceptors (Lipinski definition) is 3. The molecule has 2 amide bonds. The molecule has 8 heteroatoms. The van der Waals surface area contributed by atoms with Crippen molar-refractivity contribution in [1.29, 1.82) is 0 Å². The van der Waals surface area contributed by atoms with E-state index in [1.54, 1.807) is 18.2 Å². The summed E-state index contributed by atoms with van der Waals surface area (Å²) in [5, 5.41) is 2.50. The minimum Gasteiger partial charge on any atom is -0.326 e. The van der Waals surface area contributed by atoms with E-state index in [4.69, 9.17) is 0 Å². The molecule has 1 aliphatic rings. The van der Waals surface area contributed by atoms with Crippen LogP contribution in [0.15, 0.2) is 78.9 Å². The summed E-state index contributed by atoms with van der Waals surface area (Å²) in [7, 11) is 0. The fourth-order valence-electron chi connectivity index (χ4n) is 3.66. The minimum absolute atomic E-state index is 0.120. The van der Waals surface area contributed by atoms with Crippen LogP contribution in [0, 0.1) is 0 Å². The van der Waals surface area contributed by atoms with Gasteiger partial charge in [0, 0.05) is 17.8 Å². The zero-order valence-corrected chi connectivity index (χ0v) is 18.3. The lowest BCUT2D eigenvalue weighted by atomic mass is 10.1. The summed E-state index contributed by atoms with van der Waals surface area (Å²) in [5.41, 5.74) is 2.11. The van der Waals surface area contributed by atoms with Crippen LogP contribution in [0.3, 0.4) is 0 Å². The summed E-state index contributed by atoms with van der Waals surface area (Å²) < 4.78 is 38.7. The number of amides is 2. The van der Waals surface area contributed by atoms with Crippen molar-refractivity contribution in [2.45, 2.75) is 24.4 Å². The first-order valence-electron chi connectivity index (χ1n) is 10.4. The predicted molar refractivity (Wildman–Crippen MR) is 124 cm³/mol. The van der Waals surface area contributed by atoms with Gasteiger partial charge in [-0.25, -0.2) is 0 Å². The SMILES string of the molecule is O=C(CCc1ccccc1)Nc1cccc([C@@H]2SCC(=O)N2c2ccc(C(F)(F)F)cc2)c1. The molecule has 4 nitrogen and oxygen atoms in total. The molecule has 1 fully saturated rings. The summed E-state index contributed by atoms with van der Waals surface area (Å²) in [5.74, 6) is -0.0767. The van der Waals surface area contributed by atoms with E-state index in [1.165, 1.54) is 28.8 Å². The fraction of sp³-hybridized carbons (Fsp3) is 0.200. The zero-order chi connectivity index (χ0) is 23.4. The molecule has 4 rings (SSSR count). The number of thioether (sulfide) groups is 1. The highest BCUT2D eigenvalue weighted by Crippen LogP contribution is 2.43. The molecule has 1 atom stereocenters. The van der Waals surface area contributed by atoms with Gasteiger partial charge in [0.1, 0.15) is 5.37 Å². The van der Waals surface area contributed by atoms with Crippen molar-refractivity contribution in [3.8, 4) is 0 Å². The van der Waals surface area contributed by atoms with E-state index in [-0.39, 0.29) is 17.6 Å². The molecule has 1 aliphatic heterocycles. The third-order valence-corrected chi connectivity index (χ3v) is 6.49. The van der Waals surface area contributed by atoms with Crippen molar-refractivity contribution in [3.05, 3.63) is 95.6 Å². The quantitative estimate of drug-likeness (QED) is 0.477. The normalized spacial score (nSPS) is 16.2. The molecule has 3 aromatic rings. The maximum Gasteiger partial charge on any atom is 0.416 e. The number of carbonyl (C=O) groups is 2. The van der Waals surface area contributed by atoms with Gasteiger partial charge in [0.15, 0.2) is 0 Å². The number of anilines is 2. The highest BCUT2D eigenvalue weighted by Gasteiger charge is 2.35. The van der Waals surface area contributed by atoms with Crippen LogP contribution < -0.4 is 10.2 Å². The number of halogens is 3. The Morgan fingerprint density at radius 3 is 2.42 bits per heavy atom. The van der Waals surface area contributed by atoms with Gasteiger partial charge in [-0.1, -0.05) is 42.5 Å². The van der Waals surface area contributed by atoms with Gasteiger partial charge >= 0.3 is 6.18 Å². The molecular weight excluding hydrogens is 449 g/mol. The Morgan fingerprint density at radius 2 is 1.73 bits per heavy atom. The second-order valence-corrected chi connectivity index (χ2v) is 8.70. The molecule has 0 saturated carbocycles. The molecule has 33 heavy (non-hydrogen) atoms. The first kappa shape index (κ1) is 22.9. The minimum atomic E-state index is -4.44. The zero-order valence-electron chi connectivity index (χ0n) is 17.5. The number of benzene rings is 3. The van der Waals surface area contributed by atoms with Crippen LogP contribution in [0.5, 0.6) is 0 Å². The number of nitrogens with one attached hydrogen (secondary N) is 1. The van der Waals surface area contributed by atoms with Crippen molar-refractivity contribution in [2.75, 3.05) is 16.0 Å². The van der Waals surface area contributed by atoms with E-state index in [9.17, 15) is 22.8 Å². The van der Waals surface area contributed by atoms with Gasteiger partial charge in [-0.05, 0) is 53.9 Å². The molecular formula is C25H21F3N2O2S. The van der Waals surface area contributed by atoms with Crippen molar-refractivity contribution < 1.29 is 22.8 Å². The lowest BCUT2D eigenvalue weighted by Crippen LogP contribution is -2.28. The third-order valence-electron chi connectivity index (χ3n) is 5.28. The van der Waals surface area contributed by atoms with Crippen LogP contribution in [-0.4, -0.2) is 17.6 Å². The predicted octanol–water partition coefficient (Wildman–Crippen LogP) is 6.06. The summed E-state index contributed by atoms with van der Waals surface area (Å²) in [6, 6.07) is 21.5. The Balaban J connectivity index is 1.47. The Hall–Kier alpha value is -3.26. The van der Waals surface area contributed by atoms with Gasteiger partial charge in [0.2, 0.25) is 11.8 Å². The Bertz CT molecular complexity index is 1130. The lowest BCUT2D eigenvalue weighted by Gasteiger charge is -2.25. The summed E-state index contributed by atoms with van der Waals surface area (Å²) >= 11 is 1.39. The van der Waals surface area contributed by atoms with Gasteiger partial charge in [-0.2, -0.15) is 13.2 Å². The fourth-order valence-corrected chi connectivity index (χ4v) is 4.82. The van der Waals surface area contributed by atoms with Gasteiger partial charge in [-0.15, -0.1) is 11.8 Å².